The zero-order valence-corrected chi connectivity index (χ0v) is 10.6. The summed E-state index contributed by atoms with van der Waals surface area (Å²) in [7, 11) is 0. The highest BCUT2D eigenvalue weighted by Crippen LogP contribution is 2.28. The van der Waals surface area contributed by atoms with Crippen LogP contribution in [0.25, 0.3) is 0 Å². The van der Waals surface area contributed by atoms with E-state index in [4.69, 9.17) is 0 Å². The molecule has 0 radical (unpaired) electrons. The van der Waals surface area contributed by atoms with E-state index in [0.29, 0.717) is 12.0 Å². The van der Waals surface area contributed by atoms with E-state index in [-0.39, 0.29) is 6.10 Å². The van der Waals surface area contributed by atoms with Crippen molar-refractivity contribution in [2.24, 2.45) is 11.8 Å². The minimum Gasteiger partial charge on any atom is -0.392 e. The van der Waals surface area contributed by atoms with Gasteiger partial charge in [-0.3, -0.25) is 0 Å². The Labute approximate surface area is 99.8 Å². The smallest absolute Gasteiger partial charge is 0.0692 e. The lowest BCUT2D eigenvalue weighted by Crippen LogP contribution is -2.42. The van der Waals surface area contributed by atoms with Gasteiger partial charge in [0.2, 0.25) is 0 Å². The Morgan fingerprint density at radius 2 is 1.69 bits per heavy atom. The van der Waals surface area contributed by atoms with Crippen molar-refractivity contribution in [2.75, 3.05) is 6.54 Å². The van der Waals surface area contributed by atoms with Crippen LogP contribution in [0.1, 0.15) is 58.3 Å². The van der Waals surface area contributed by atoms with Crippen LogP contribution >= 0.6 is 0 Å². The molecule has 0 heterocycles. The molecule has 0 amide bonds. The van der Waals surface area contributed by atoms with Crippen molar-refractivity contribution in [3.63, 3.8) is 0 Å². The van der Waals surface area contributed by atoms with Crippen molar-refractivity contribution >= 4 is 0 Å². The standard InChI is InChI=1S/C14H27NO/c1-11-6-2-5-9-13(11)15-10-14(16)12-7-3-4-8-12/h11-16H,2-10H2,1H3. The van der Waals surface area contributed by atoms with Crippen molar-refractivity contribution in [1.82, 2.24) is 5.32 Å². The fourth-order valence-electron chi connectivity index (χ4n) is 3.40. The van der Waals surface area contributed by atoms with Gasteiger partial charge in [0, 0.05) is 12.6 Å². The lowest BCUT2D eigenvalue weighted by Gasteiger charge is -2.31. The zero-order valence-electron chi connectivity index (χ0n) is 10.6. The molecule has 3 atom stereocenters. The summed E-state index contributed by atoms with van der Waals surface area (Å²) in [6, 6.07) is 0.657. The molecule has 2 heteroatoms. The van der Waals surface area contributed by atoms with Crippen molar-refractivity contribution in [3.05, 3.63) is 0 Å². The van der Waals surface area contributed by atoms with E-state index in [1.54, 1.807) is 0 Å². The monoisotopic (exact) mass is 225 g/mol. The SMILES string of the molecule is CC1CCCCC1NCC(O)C1CCCC1. The summed E-state index contributed by atoms with van der Waals surface area (Å²) < 4.78 is 0. The maximum atomic E-state index is 10.1. The van der Waals surface area contributed by atoms with Gasteiger partial charge in [0.15, 0.2) is 0 Å². The van der Waals surface area contributed by atoms with E-state index < -0.39 is 0 Å². The molecule has 2 N–H and O–H groups in total. The van der Waals surface area contributed by atoms with Gasteiger partial charge in [0.25, 0.3) is 0 Å². The number of hydrogen-bond donors (Lipinski definition) is 2. The second-order valence-electron chi connectivity index (χ2n) is 5.89. The molecule has 0 spiro atoms. The lowest BCUT2D eigenvalue weighted by molar-refractivity contribution is 0.1000. The highest BCUT2D eigenvalue weighted by atomic mass is 16.3. The molecule has 16 heavy (non-hydrogen) atoms. The van der Waals surface area contributed by atoms with Gasteiger partial charge >= 0.3 is 0 Å². The zero-order chi connectivity index (χ0) is 11.4. The first kappa shape index (κ1) is 12.4. The summed E-state index contributed by atoms with van der Waals surface area (Å²) in [4.78, 5) is 0. The average molecular weight is 225 g/mol. The molecule has 94 valence electrons. The molecule has 2 fully saturated rings. The van der Waals surface area contributed by atoms with Crippen LogP contribution in [0.4, 0.5) is 0 Å². The minimum absolute atomic E-state index is 0.100. The van der Waals surface area contributed by atoms with Crippen LogP contribution in [-0.4, -0.2) is 23.8 Å². The third-order valence-electron chi connectivity index (χ3n) is 4.64. The summed E-state index contributed by atoms with van der Waals surface area (Å²) in [5, 5.41) is 13.7. The van der Waals surface area contributed by atoms with Crippen LogP contribution in [0.15, 0.2) is 0 Å². The molecule has 0 aromatic carbocycles. The van der Waals surface area contributed by atoms with Crippen LogP contribution < -0.4 is 5.32 Å². The van der Waals surface area contributed by atoms with Gasteiger partial charge in [-0.05, 0) is 37.5 Å². The van der Waals surface area contributed by atoms with Gasteiger partial charge in [-0.15, -0.1) is 0 Å². The van der Waals surface area contributed by atoms with Gasteiger partial charge < -0.3 is 10.4 Å². The van der Waals surface area contributed by atoms with E-state index in [9.17, 15) is 5.11 Å². The average Bonchev–Trinajstić information content (AvgIpc) is 2.81. The Kier molecular flexibility index (Phi) is 4.66. The van der Waals surface area contributed by atoms with Gasteiger partial charge in [0.05, 0.1) is 6.10 Å². The third kappa shape index (κ3) is 3.21. The first-order valence-corrected chi connectivity index (χ1v) is 7.19. The van der Waals surface area contributed by atoms with Crippen molar-refractivity contribution in [1.29, 1.82) is 0 Å². The number of aliphatic hydroxyl groups is 1. The first-order valence-electron chi connectivity index (χ1n) is 7.19. The summed E-state index contributed by atoms with van der Waals surface area (Å²) in [6.45, 7) is 3.17. The topological polar surface area (TPSA) is 32.3 Å². The van der Waals surface area contributed by atoms with Crippen molar-refractivity contribution < 1.29 is 5.11 Å². The molecule has 2 nitrogen and oxygen atoms in total. The largest absolute Gasteiger partial charge is 0.392 e. The van der Waals surface area contributed by atoms with Gasteiger partial charge in [-0.2, -0.15) is 0 Å². The quantitative estimate of drug-likeness (QED) is 0.771. The molecule has 0 aromatic rings. The van der Waals surface area contributed by atoms with Gasteiger partial charge in [0.1, 0.15) is 0 Å². The number of rotatable bonds is 4. The summed E-state index contributed by atoms with van der Waals surface area (Å²) >= 11 is 0. The molecule has 2 aliphatic rings. The second kappa shape index (κ2) is 6.02. The molecule has 0 bridgehead atoms. The maximum Gasteiger partial charge on any atom is 0.0692 e. The Morgan fingerprint density at radius 3 is 2.38 bits per heavy atom. The first-order chi connectivity index (χ1) is 7.77. The van der Waals surface area contributed by atoms with E-state index in [2.05, 4.69) is 12.2 Å². The fraction of sp³-hybridized carbons (Fsp3) is 1.00. The lowest BCUT2D eigenvalue weighted by atomic mass is 9.85. The maximum absolute atomic E-state index is 10.1. The molecular formula is C14H27NO. The second-order valence-corrected chi connectivity index (χ2v) is 5.89. The number of aliphatic hydroxyl groups excluding tert-OH is 1. The van der Waals surface area contributed by atoms with Crippen LogP contribution in [0.5, 0.6) is 0 Å². The minimum atomic E-state index is -0.100. The Morgan fingerprint density at radius 1 is 1.06 bits per heavy atom. The number of nitrogens with one attached hydrogen (secondary N) is 1. The van der Waals surface area contributed by atoms with Crippen LogP contribution in [0, 0.1) is 11.8 Å². The Bertz CT molecular complexity index is 201. The molecule has 2 aliphatic carbocycles. The van der Waals surface area contributed by atoms with E-state index >= 15 is 0 Å². The van der Waals surface area contributed by atoms with Crippen molar-refractivity contribution in [2.45, 2.75) is 70.4 Å². The number of hydrogen-bond acceptors (Lipinski definition) is 2. The fourth-order valence-corrected chi connectivity index (χ4v) is 3.40. The Hall–Kier alpha value is -0.0800. The summed E-state index contributed by atoms with van der Waals surface area (Å²) in [5.41, 5.74) is 0. The molecule has 0 aliphatic heterocycles. The van der Waals surface area contributed by atoms with Gasteiger partial charge in [-0.25, -0.2) is 0 Å². The molecule has 0 aromatic heterocycles. The van der Waals surface area contributed by atoms with E-state index in [1.807, 2.05) is 0 Å². The molecule has 3 unspecified atom stereocenters. The molecule has 2 rings (SSSR count). The normalized spacial score (nSPS) is 34.1. The van der Waals surface area contributed by atoms with Crippen molar-refractivity contribution in [3.8, 4) is 0 Å². The van der Waals surface area contributed by atoms with Crippen LogP contribution in [0.3, 0.4) is 0 Å². The highest BCUT2D eigenvalue weighted by molar-refractivity contribution is 4.82. The summed E-state index contributed by atoms with van der Waals surface area (Å²) in [5.74, 6) is 1.37. The Balaban J connectivity index is 1.69. The predicted octanol–water partition coefficient (Wildman–Crippen LogP) is 2.71. The summed E-state index contributed by atoms with van der Waals surface area (Å²) in [6.07, 6.45) is 10.4. The highest BCUT2D eigenvalue weighted by Gasteiger charge is 2.25. The predicted molar refractivity (Wildman–Crippen MR) is 67.4 cm³/mol. The van der Waals surface area contributed by atoms with Crippen LogP contribution in [0.2, 0.25) is 0 Å². The molecule has 2 saturated carbocycles. The molecular weight excluding hydrogens is 198 g/mol. The van der Waals surface area contributed by atoms with Gasteiger partial charge in [-0.1, -0.05) is 32.6 Å². The van der Waals surface area contributed by atoms with E-state index in [0.717, 1.165) is 12.5 Å². The van der Waals surface area contributed by atoms with E-state index in [1.165, 1.54) is 51.4 Å². The molecule has 0 saturated heterocycles. The van der Waals surface area contributed by atoms with Crippen LogP contribution in [-0.2, 0) is 0 Å². The third-order valence-corrected chi connectivity index (χ3v) is 4.64.